The van der Waals surface area contributed by atoms with Crippen molar-refractivity contribution < 1.29 is 73.6 Å². The molecule has 1 aromatic carbocycles. The first-order valence-electron chi connectivity index (χ1n) is 3.94. The molecule has 1 rings (SSSR count). The Kier molecular flexibility index (Phi) is 6.12. The molecule has 0 radical (unpaired) electrons. The Hall–Kier alpha value is 0.0413. The third-order valence-corrected chi connectivity index (χ3v) is 1.73. The summed E-state index contributed by atoms with van der Waals surface area (Å²) in [4.78, 5) is 9.31. The van der Waals surface area contributed by atoms with Crippen LogP contribution in [0.2, 0.25) is 0 Å². The van der Waals surface area contributed by atoms with Gasteiger partial charge in [0.15, 0.2) is 0 Å². The maximum Gasteiger partial charge on any atom is 1.00 e. The molecule has 0 aromatic heterocycles. The van der Waals surface area contributed by atoms with E-state index in [1.54, 1.807) is 0 Å². The summed E-state index contributed by atoms with van der Waals surface area (Å²) < 4.78 is 49.1. The molecular weight excluding hydrogens is 256 g/mol. The van der Waals surface area contributed by atoms with E-state index in [0.29, 0.717) is 0 Å². The average molecular weight is 261 g/mol. The summed E-state index contributed by atoms with van der Waals surface area (Å²) >= 11 is 0. The zero-order valence-corrected chi connectivity index (χ0v) is 11.4. The van der Waals surface area contributed by atoms with Crippen LogP contribution >= 0.6 is 0 Å². The molecule has 0 spiro atoms. The molecule has 3 nitrogen and oxygen atoms in total. The van der Waals surface area contributed by atoms with Gasteiger partial charge in [-0.25, -0.2) is 4.39 Å². The fourth-order valence-electron chi connectivity index (χ4n) is 1.15. The quantitative estimate of drug-likeness (QED) is 0.323. The first kappa shape index (κ1) is 16.0. The summed E-state index contributed by atoms with van der Waals surface area (Å²) in [7, 11) is 0. The summed E-state index contributed by atoms with van der Waals surface area (Å²) in [6.07, 6.45) is -1.58. The van der Waals surface area contributed by atoms with Crippen LogP contribution in [0.4, 0.5) is 23.0 Å². The van der Waals surface area contributed by atoms with Crippen molar-refractivity contribution in [2.24, 2.45) is 0 Å². The van der Waals surface area contributed by atoms with Gasteiger partial charge in [0.05, 0.1) is 4.92 Å². The van der Waals surface area contributed by atoms with Crippen molar-refractivity contribution in [1.29, 1.82) is 0 Å². The molecule has 16 heavy (non-hydrogen) atoms. The van der Waals surface area contributed by atoms with E-state index in [2.05, 4.69) is 0 Å². The van der Waals surface area contributed by atoms with E-state index < -0.39 is 35.3 Å². The second-order valence-electron chi connectivity index (χ2n) is 2.91. The SMILES string of the molecule is O=[N+]([O-])c1cccc(F)c1C[B-](F)(F)F.[K+]. The van der Waals surface area contributed by atoms with Crippen LogP contribution in [0.3, 0.4) is 0 Å². The van der Waals surface area contributed by atoms with Gasteiger partial charge in [0.2, 0.25) is 0 Å². The molecule has 9 heteroatoms. The molecule has 0 bridgehead atoms. The number of benzene rings is 1. The predicted molar refractivity (Wildman–Crippen MR) is 45.8 cm³/mol. The summed E-state index contributed by atoms with van der Waals surface area (Å²) in [6.45, 7) is -5.29. The molecule has 0 unspecified atom stereocenters. The van der Waals surface area contributed by atoms with Crippen molar-refractivity contribution >= 4 is 12.7 Å². The van der Waals surface area contributed by atoms with Gasteiger partial charge < -0.3 is 12.9 Å². The van der Waals surface area contributed by atoms with Crippen LogP contribution in [0.15, 0.2) is 18.2 Å². The van der Waals surface area contributed by atoms with Crippen molar-refractivity contribution in [2.75, 3.05) is 0 Å². The van der Waals surface area contributed by atoms with Crippen LogP contribution in [0.5, 0.6) is 0 Å². The molecule has 0 saturated heterocycles. The summed E-state index contributed by atoms with van der Waals surface area (Å²) in [5.41, 5.74) is -1.75. The maximum atomic E-state index is 12.9. The number of rotatable bonds is 3. The summed E-state index contributed by atoms with van der Waals surface area (Å²) in [5.74, 6) is -1.21. The van der Waals surface area contributed by atoms with Gasteiger partial charge in [-0.1, -0.05) is 12.4 Å². The number of hydrogen-bond acceptors (Lipinski definition) is 2. The van der Waals surface area contributed by atoms with Gasteiger partial charge in [-0.15, -0.1) is 0 Å². The molecule has 0 heterocycles. The van der Waals surface area contributed by atoms with E-state index in [9.17, 15) is 27.5 Å². The average Bonchev–Trinajstić information content (AvgIpc) is 2.05. The zero-order valence-electron chi connectivity index (χ0n) is 8.29. The largest absolute Gasteiger partial charge is 1.00 e. The fourth-order valence-corrected chi connectivity index (χ4v) is 1.15. The van der Waals surface area contributed by atoms with Gasteiger partial charge in [-0.3, -0.25) is 10.1 Å². The van der Waals surface area contributed by atoms with Gasteiger partial charge in [0, 0.05) is 11.6 Å². The predicted octanol–water partition coefficient (Wildman–Crippen LogP) is -0.333. The molecule has 0 saturated carbocycles. The topological polar surface area (TPSA) is 43.1 Å². The van der Waals surface area contributed by atoms with Gasteiger partial charge in [0.1, 0.15) is 5.82 Å². The van der Waals surface area contributed by atoms with Crippen LogP contribution in [0.1, 0.15) is 5.56 Å². The molecular formula is C7H5BF4KNO2. The van der Waals surface area contributed by atoms with Crippen LogP contribution < -0.4 is 51.4 Å². The Bertz CT molecular complexity index is 398. The minimum absolute atomic E-state index is 0. The van der Waals surface area contributed by atoms with E-state index in [-0.39, 0.29) is 51.4 Å². The number of halogens is 4. The third-order valence-electron chi connectivity index (χ3n) is 1.73. The molecule has 0 aliphatic carbocycles. The number of nitrogens with zero attached hydrogens (tertiary/aromatic N) is 1. The Labute approximate surface area is 131 Å². The third kappa shape index (κ3) is 4.50. The second kappa shape index (κ2) is 6.10. The van der Waals surface area contributed by atoms with Crippen LogP contribution in [-0.4, -0.2) is 11.9 Å². The molecule has 1 aromatic rings. The first-order chi connectivity index (χ1) is 6.81. The van der Waals surface area contributed by atoms with Crippen molar-refractivity contribution in [3.8, 4) is 0 Å². The van der Waals surface area contributed by atoms with Gasteiger partial charge in [-0.05, 0) is 6.07 Å². The first-order valence-corrected chi connectivity index (χ1v) is 3.94. The van der Waals surface area contributed by atoms with E-state index in [0.717, 1.165) is 18.2 Å². The zero-order chi connectivity index (χ0) is 11.6. The normalized spacial score (nSPS) is 10.8. The minimum atomic E-state index is -5.29. The molecule has 0 atom stereocenters. The molecule has 0 amide bonds. The standard InChI is InChI=1S/C7H5BF4NO2.K/c9-6-2-1-3-7(13(14)15)5(6)4-8(10,11)12;/h1-3H,4H2;/q-1;+1. The van der Waals surface area contributed by atoms with Crippen LogP contribution in [0.25, 0.3) is 0 Å². The van der Waals surface area contributed by atoms with Crippen LogP contribution in [0, 0.1) is 15.9 Å². The van der Waals surface area contributed by atoms with Crippen molar-refractivity contribution in [1.82, 2.24) is 0 Å². The van der Waals surface area contributed by atoms with E-state index in [4.69, 9.17) is 0 Å². The molecule has 0 aliphatic rings. The molecule has 0 N–H and O–H groups in total. The molecule has 82 valence electrons. The Morgan fingerprint density at radius 3 is 2.31 bits per heavy atom. The molecule has 0 fully saturated rings. The van der Waals surface area contributed by atoms with E-state index >= 15 is 0 Å². The molecule has 0 aliphatic heterocycles. The van der Waals surface area contributed by atoms with Crippen molar-refractivity contribution in [3.05, 3.63) is 39.7 Å². The maximum absolute atomic E-state index is 12.9. The minimum Gasteiger partial charge on any atom is -0.449 e. The van der Waals surface area contributed by atoms with Crippen molar-refractivity contribution in [3.63, 3.8) is 0 Å². The number of nitro groups is 1. The van der Waals surface area contributed by atoms with E-state index in [1.165, 1.54) is 0 Å². The monoisotopic (exact) mass is 261 g/mol. The van der Waals surface area contributed by atoms with Crippen molar-refractivity contribution in [2.45, 2.75) is 6.32 Å². The Morgan fingerprint density at radius 2 is 1.88 bits per heavy atom. The van der Waals surface area contributed by atoms with Gasteiger partial charge in [0.25, 0.3) is 5.69 Å². The number of nitro benzene ring substituents is 1. The smallest absolute Gasteiger partial charge is 0.449 e. The number of hydrogen-bond donors (Lipinski definition) is 0. The second-order valence-corrected chi connectivity index (χ2v) is 2.91. The summed E-state index contributed by atoms with van der Waals surface area (Å²) in [6, 6.07) is 2.62. The Balaban J connectivity index is 0.00000225. The van der Waals surface area contributed by atoms with Crippen LogP contribution in [-0.2, 0) is 6.32 Å². The fraction of sp³-hybridized carbons (Fsp3) is 0.143. The van der Waals surface area contributed by atoms with Gasteiger partial charge in [-0.2, -0.15) is 0 Å². The van der Waals surface area contributed by atoms with Gasteiger partial charge >= 0.3 is 58.4 Å². The summed E-state index contributed by atoms with van der Waals surface area (Å²) in [5, 5.41) is 10.3. The Morgan fingerprint density at radius 1 is 1.31 bits per heavy atom. The van der Waals surface area contributed by atoms with E-state index in [1.807, 2.05) is 0 Å².